The van der Waals surface area contributed by atoms with Gasteiger partial charge >= 0.3 is 0 Å². The Hall–Kier alpha value is -2.30. The lowest BCUT2D eigenvalue weighted by atomic mass is 10.2. The molecule has 2 aromatic heterocycles. The first-order chi connectivity index (χ1) is 9.83. The minimum Gasteiger partial charge on any atom is -0.467 e. The highest BCUT2D eigenvalue weighted by Gasteiger charge is 2.15. The Morgan fingerprint density at radius 3 is 2.95 bits per heavy atom. The van der Waals surface area contributed by atoms with Gasteiger partial charge in [-0.25, -0.2) is 0 Å². The third-order valence-electron chi connectivity index (χ3n) is 3.45. The Morgan fingerprint density at radius 2 is 2.20 bits per heavy atom. The average molecular weight is 271 g/mol. The summed E-state index contributed by atoms with van der Waals surface area (Å²) >= 11 is 0. The SMILES string of the molecule is O=C(NCc1ccco1)c1cc(N2CCCC2)ccn1. The summed E-state index contributed by atoms with van der Waals surface area (Å²) in [4.78, 5) is 18.5. The summed E-state index contributed by atoms with van der Waals surface area (Å²) in [6, 6.07) is 7.43. The fourth-order valence-corrected chi connectivity index (χ4v) is 2.39. The zero-order valence-corrected chi connectivity index (χ0v) is 11.2. The Morgan fingerprint density at radius 1 is 1.35 bits per heavy atom. The molecule has 3 rings (SSSR count). The molecular weight excluding hydrogens is 254 g/mol. The van der Waals surface area contributed by atoms with Gasteiger partial charge in [0.15, 0.2) is 0 Å². The van der Waals surface area contributed by atoms with Gasteiger partial charge in [-0.1, -0.05) is 0 Å². The van der Waals surface area contributed by atoms with Crippen molar-refractivity contribution in [2.75, 3.05) is 18.0 Å². The summed E-state index contributed by atoms with van der Waals surface area (Å²) in [6.07, 6.45) is 5.70. The topological polar surface area (TPSA) is 58.4 Å². The maximum absolute atomic E-state index is 12.1. The number of furan rings is 1. The first kappa shape index (κ1) is 12.7. The van der Waals surface area contributed by atoms with Gasteiger partial charge in [-0.2, -0.15) is 0 Å². The molecule has 0 spiro atoms. The first-order valence-electron chi connectivity index (χ1n) is 6.84. The van der Waals surface area contributed by atoms with Gasteiger partial charge in [0.05, 0.1) is 12.8 Å². The largest absolute Gasteiger partial charge is 0.467 e. The molecule has 0 bridgehead atoms. The van der Waals surface area contributed by atoms with E-state index in [1.165, 1.54) is 12.8 Å². The number of nitrogens with one attached hydrogen (secondary N) is 1. The Labute approximate surface area is 117 Å². The maximum atomic E-state index is 12.1. The van der Waals surface area contributed by atoms with Crippen molar-refractivity contribution < 1.29 is 9.21 Å². The number of anilines is 1. The summed E-state index contributed by atoms with van der Waals surface area (Å²) in [5.41, 5.74) is 1.52. The third kappa shape index (κ3) is 2.82. The molecule has 1 aliphatic rings. The molecule has 20 heavy (non-hydrogen) atoms. The molecule has 1 saturated heterocycles. The van der Waals surface area contributed by atoms with E-state index in [0.717, 1.165) is 24.5 Å². The number of nitrogens with zero attached hydrogens (tertiary/aromatic N) is 2. The number of carbonyl (C=O) groups excluding carboxylic acids is 1. The number of pyridine rings is 1. The molecule has 0 radical (unpaired) electrons. The lowest BCUT2D eigenvalue weighted by Gasteiger charge is -2.17. The van der Waals surface area contributed by atoms with E-state index in [4.69, 9.17) is 4.42 Å². The van der Waals surface area contributed by atoms with Crippen LogP contribution < -0.4 is 10.2 Å². The molecule has 2 aromatic rings. The normalized spacial score (nSPS) is 14.5. The van der Waals surface area contributed by atoms with E-state index in [1.54, 1.807) is 18.5 Å². The molecule has 0 unspecified atom stereocenters. The number of amides is 1. The van der Waals surface area contributed by atoms with Crippen molar-refractivity contribution in [3.63, 3.8) is 0 Å². The molecule has 1 fully saturated rings. The standard InChI is InChI=1S/C15H17N3O2/c19-15(17-11-13-4-3-9-20-13)14-10-12(5-6-16-14)18-7-1-2-8-18/h3-6,9-10H,1-2,7-8,11H2,(H,17,19). The summed E-state index contributed by atoms with van der Waals surface area (Å²) in [5, 5.41) is 2.81. The van der Waals surface area contributed by atoms with Crippen molar-refractivity contribution in [3.8, 4) is 0 Å². The number of aromatic nitrogens is 1. The number of carbonyl (C=O) groups is 1. The van der Waals surface area contributed by atoms with Crippen LogP contribution in [0.25, 0.3) is 0 Å². The van der Waals surface area contributed by atoms with Crippen LogP contribution in [0.15, 0.2) is 41.1 Å². The molecule has 3 heterocycles. The monoisotopic (exact) mass is 271 g/mol. The van der Waals surface area contributed by atoms with Crippen molar-refractivity contribution >= 4 is 11.6 Å². The fraction of sp³-hybridized carbons (Fsp3) is 0.333. The highest BCUT2D eigenvalue weighted by Crippen LogP contribution is 2.20. The summed E-state index contributed by atoms with van der Waals surface area (Å²) in [6.45, 7) is 2.48. The smallest absolute Gasteiger partial charge is 0.270 e. The maximum Gasteiger partial charge on any atom is 0.270 e. The number of hydrogen-bond acceptors (Lipinski definition) is 4. The van der Waals surface area contributed by atoms with Crippen LogP contribution in [0, 0.1) is 0 Å². The van der Waals surface area contributed by atoms with E-state index in [0.29, 0.717) is 12.2 Å². The van der Waals surface area contributed by atoms with Crippen LogP contribution in [-0.4, -0.2) is 24.0 Å². The Balaban J connectivity index is 1.66. The molecule has 5 nitrogen and oxygen atoms in total. The number of rotatable bonds is 4. The molecule has 0 aliphatic carbocycles. The van der Waals surface area contributed by atoms with Crippen LogP contribution in [0.5, 0.6) is 0 Å². The van der Waals surface area contributed by atoms with Crippen molar-refractivity contribution in [1.82, 2.24) is 10.3 Å². The van der Waals surface area contributed by atoms with E-state index in [9.17, 15) is 4.79 Å². The molecular formula is C15H17N3O2. The number of hydrogen-bond donors (Lipinski definition) is 1. The minimum absolute atomic E-state index is 0.178. The predicted molar refractivity (Wildman–Crippen MR) is 75.6 cm³/mol. The molecule has 1 aliphatic heterocycles. The highest BCUT2D eigenvalue weighted by atomic mass is 16.3. The second-order valence-corrected chi connectivity index (χ2v) is 4.86. The summed E-state index contributed by atoms with van der Waals surface area (Å²) < 4.78 is 5.18. The van der Waals surface area contributed by atoms with Gasteiger partial charge in [0.25, 0.3) is 5.91 Å². The van der Waals surface area contributed by atoms with Crippen LogP contribution in [-0.2, 0) is 6.54 Å². The summed E-state index contributed by atoms with van der Waals surface area (Å²) in [7, 11) is 0. The highest BCUT2D eigenvalue weighted by molar-refractivity contribution is 5.93. The Bertz CT molecular complexity index is 575. The van der Waals surface area contributed by atoms with Crippen LogP contribution in [0.2, 0.25) is 0 Å². The van der Waals surface area contributed by atoms with Crippen molar-refractivity contribution in [2.45, 2.75) is 19.4 Å². The van der Waals surface area contributed by atoms with Gasteiger partial charge in [0.1, 0.15) is 11.5 Å². The van der Waals surface area contributed by atoms with Gasteiger partial charge in [0.2, 0.25) is 0 Å². The van der Waals surface area contributed by atoms with E-state index < -0.39 is 0 Å². The quantitative estimate of drug-likeness (QED) is 0.926. The zero-order chi connectivity index (χ0) is 13.8. The Kier molecular flexibility index (Phi) is 3.67. The third-order valence-corrected chi connectivity index (χ3v) is 3.45. The van der Waals surface area contributed by atoms with E-state index in [2.05, 4.69) is 15.2 Å². The van der Waals surface area contributed by atoms with Gasteiger partial charge in [-0.3, -0.25) is 9.78 Å². The first-order valence-corrected chi connectivity index (χ1v) is 6.84. The minimum atomic E-state index is -0.178. The average Bonchev–Trinajstić information content (AvgIpc) is 3.18. The molecule has 0 saturated carbocycles. The van der Waals surface area contributed by atoms with Crippen LogP contribution >= 0.6 is 0 Å². The lowest BCUT2D eigenvalue weighted by molar-refractivity contribution is 0.0943. The van der Waals surface area contributed by atoms with E-state index >= 15 is 0 Å². The van der Waals surface area contributed by atoms with Crippen molar-refractivity contribution in [1.29, 1.82) is 0 Å². The molecule has 1 amide bonds. The van der Waals surface area contributed by atoms with Crippen molar-refractivity contribution in [3.05, 3.63) is 48.2 Å². The van der Waals surface area contributed by atoms with Crippen LogP contribution in [0.1, 0.15) is 29.1 Å². The van der Waals surface area contributed by atoms with Crippen LogP contribution in [0.4, 0.5) is 5.69 Å². The molecule has 1 N–H and O–H groups in total. The predicted octanol–water partition coefficient (Wildman–Crippen LogP) is 2.20. The van der Waals surface area contributed by atoms with Gasteiger partial charge in [-0.15, -0.1) is 0 Å². The zero-order valence-electron chi connectivity index (χ0n) is 11.2. The second-order valence-electron chi connectivity index (χ2n) is 4.86. The van der Waals surface area contributed by atoms with E-state index in [1.807, 2.05) is 18.2 Å². The van der Waals surface area contributed by atoms with Gasteiger partial charge < -0.3 is 14.6 Å². The molecule has 0 atom stereocenters. The molecule has 104 valence electrons. The second kappa shape index (κ2) is 5.77. The van der Waals surface area contributed by atoms with Crippen LogP contribution in [0.3, 0.4) is 0 Å². The lowest BCUT2D eigenvalue weighted by Crippen LogP contribution is -2.24. The fourth-order valence-electron chi connectivity index (χ4n) is 2.39. The molecule has 5 heteroatoms. The van der Waals surface area contributed by atoms with Gasteiger partial charge in [-0.05, 0) is 37.1 Å². The van der Waals surface area contributed by atoms with Crippen molar-refractivity contribution in [2.24, 2.45) is 0 Å². The molecule has 0 aromatic carbocycles. The summed E-state index contributed by atoms with van der Waals surface area (Å²) in [5.74, 6) is 0.552. The van der Waals surface area contributed by atoms with E-state index in [-0.39, 0.29) is 5.91 Å². The van der Waals surface area contributed by atoms with Gasteiger partial charge in [0, 0.05) is 25.0 Å².